The molecule has 1 atom stereocenters. The highest BCUT2D eigenvalue weighted by atomic mass is 16.5. The third-order valence-electron chi connectivity index (χ3n) is 4.77. The summed E-state index contributed by atoms with van der Waals surface area (Å²) in [5.74, 6) is 1.69. The van der Waals surface area contributed by atoms with Crippen LogP contribution in [0.15, 0.2) is 47.1 Å². The first-order chi connectivity index (χ1) is 12.8. The van der Waals surface area contributed by atoms with Gasteiger partial charge in [0.15, 0.2) is 5.82 Å². The lowest BCUT2D eigenvalue weighted by atomic mass is 9.95. The monoisotopic (exact) mass is 353 g/mol. The molecule has 136 valence electrons. The van der Waals surface area contributed by atoms with Crippen LogP contribution in [0.4, 0.5) is 0 Å². The quantitative estimate of drug-likeness (QED) is 0.732. The number of rotatable bonds is 6. The minimum Gasteiger partial charge on any atom is -0.394 e. The minimum absolute atomic E-state index is 0.111. The van der Waals surface area contributed by atoms with Gasteiger partial charge in [-0.05, 0) is 37.6 Å². The van der Waals surface area contributed by atoms with Crippen LogP contribution < -0.4 is 0 Å². The highest BCUT2D eigenvalue weighted by molar-refractivity contribution is 5.51. The molecular weight excluding hydrogens is 330 g/mol. The lowest BCUT2D eigenvalue weighted by Gasteiger charge is -2.30. The Bertz CT molecular complexity index is 829. The molecule has 0 aliphatic carbocycles. The largest absolute Gasteiger partial charge is 0.394 e. The van der Waals surface area contributed by atoms with Crippen molar-refractivity contribution in [1.29, 1.82) is 0 Å². The van der Waals surface area contributed by atoms with Crippen LogP contribution in [0, 0.1) is 0 Å². The molecule has 0 amide bonds. The third kappa shape index (κ3) is 3.84. The van der Waals surface area contributed by atoms with Crippen LogP contribution in [0.25, 0.3) is 11.5 Å². The molecule has 0 unspecified atom stereocenters. The summed E-state index contributed by atoms with van der Waals surface area (Å²) in [6, 6.07) is 11.9. The van der Waals surface area contributed by atoms with Crippen LogP contribution >= 0.6 is 0 Å². The van der Waals surface area contributed by atoms with E-state index in [1.807, 2.05) is 36.5 Å². The topological polar surface area (TPSA) is 80.2 Å². The van der Waals surface area contributed by atoms with E-state index >= 15 is 0 Å². The molecule has 3 heterocycles. The van der Waals surface area contributed by atoms with Gasteiger partial charge in [-0.2, -0.15) is 10.1 Å². The molecule has 1 N–H and O–H groups in total. The molecule has 1 fully saturated rings. The molecule has 1 saturated heterocycles. The molecule has 1 aliphatic heterocycles. The Morgan fingerprint density at radius 1 is 1.19 bits per heavy atom. The zero-order valence-electron chi connectivity index (χ0n) is 14.7. The highest BCUT2D eigenvalue weighted by Gasteiger charge is 2.24. The van der Waals surface area contributed by atoms with Crippen LogP contribution in [0.1, 0.15) is 30.3 Å². The molecular formula is C19H23N5O2. The maximum atomic E-state index is 9.04. The molecule has 7 nitrogen and oxygen atoms in total. The van der Waals surface area contributed by atoms with Gasteiger partial charge in [0.1, 0.15) is 0 Å². The van der Waals surface area contributed by atoms with Gasteiger partial charge in [-0.15, -0.1) is 0 Å². The fourth-order valence-corrected chi connectivity index (χ4v) is 3.48. The summed E-state index contributed by atoms with van der Waals surface area (Å²) >= 11 is 0. The van der Waals surface area contributed by atoms with E-state index in [9.17, 15) is 0 Å². The van der Waals surface area contributed by atoms with Crippen molar-refractivity contribution in [2.24, 2.45) is 0 Å². The number of nitrogens with zero attached hydrogens (tertiary/aromatic N) is 5. The number of aliphatic hydroxyl groups is 1. The molecule has 4 rings (SSSR count). The second-order valence-electron chi connectivity index (χ2n) is 6.68. The summed E-state index contributed by atoms with van der Waals surface area (Å²) in [5.41, 5.74) is 2.04. The lowest BCUT2D eigenvalue weighted by molar-refractivity contribution is 0.191. The van der Waals surface area contributed by atoms with Crippen molar-refractivity contribution in [3.63, 3.8) is 0 Å². The van der Waals surface area contributed by atoms with Gasteiger partial charge in [0, 0.05) is 24.2 Å². The third-order valence-corrected chi connectivity index (χ3v) is 4.77. The van der Waals surface area contributed by atoms with Gasteiger partial charge >= 0.3 is 0 Å². The Labute approximate surface area is 152 Å². The van der Waals surface area contributed by atoms with Crippen LogP contribution in [-0.4, -0.2) is 49.6 Å². The zero-order valence-corrected chi connectivity index (χ0v) is 14.7. The number of aliphatic hydroxyl groups excluding tert-OH is 1. The number of benzene rings is 1. The molecule has 0 spiro atoms. The van der Waals surface area contributed by atoms with Gasteiger partial charge < -0.3 is 9.63 Å². The normalized spacial score (nSPS) is 18.3. The fourth-order valence-electron chi connectivity index (χ4n) is 3.48. The standard InChI is InChI=1S/C19H23N5O2/c25-12-11-24-10-8-17(21-24)16-7-4-9-23(13-16)14-18-20-19(26-22-18)15-5-2-1-3-6-15/h1-3,5-6,8,10,16,25H,4,7,9,11-14H2/t16-/m0/s1. The summed E-state index contributed by atoms with van der Waals surface area (Å²) in [5, 5.41) is 17.8. The van der Waals surface area contributed by atoms with Crippen molar-refractivity contribution >= 4 is 0 Å². The van der Waals surface area contributed by atoms with Crippen molar-refractivity contribution in [3.8, 4) is 11.5 Å². The maximum absolute atomic E-state index is 9.04. The Balaban J connectivity index is 1.40. The van der Waals surface area contributed by atoms with Crippen molar-refractivity contribution in [2.75, 3.05) is 19.7 Å². The molecule has 1 aliphatic rings. The van der Waals surface area contributed by atoms with Gasteiger partial charge in [0.25, 0.3) is 5.89 Å². The van der Waals surface area contributed by atoms with Crippen molar-refractivity contribution in [1.82, 2.24) is 24.8 Å². The first-order valence-corrected chi connectivity index (χ1v) is 9.06. The number of aromatic nitrogens is 4. The summed E-state index contributed by atoms with van der Waals surface area (Å²) < 4.78 is 7.21. The summed E-state index contributed by atoms with van der Waals surface area (Å²) in [4.78, 5) is 6.89. The van der Waals surface area contributed by atoms with Crippen molar-refractivity contribution < 1.29 is 9.63 Å². The van der Waals surface area contributed by atoms with Crippen LogP contribution in [0.2, 0.25) is 0 Å². The Kier molecular flexibility index (Phi) is 5.08. The van der Waals surface area contributed by atoms with Gasteiger partial charge in [-0.3, -0.25) is 9.58 Å². The highest BCUT2D eigenvalue weighted by Crippen LogP contribution is 2.26. The molecule has 26 heavy (non-hydrogen) atoms. The first kappa shape index (κ1) is 16.9. The first-order valence-electron chi connectivity index (χ1n) is 9.06. The van der Waals surface area contributed by atoms with Gasteiger partial charge in [-0.1, -0.05) is 23.4 Å². The summed E-state index contributed by atoms with van der Waals surface area (Å²) in [6.07, 6.45) is 4.20. The molecule has 0 saturated carbocycles. The average molecular weight is 353 g/mol. The molecule has 3 aromatic rings. The number of hydrogen-bond donors (Lipinski definition) is 1. The fraction of sp³-hybridized carbons (Fsp3) is 0.421. The van der Waals surface area contributed by atoms with E-state index in [0.717, 1.165) is 43.0 Å². The lowest BCUT2D eigenvalue weighted by Crippen LogP contribution is -2.34. The van der Waals surface area contributed by atoms with E-state index in [4.69, 9.17) is 9.63 Å². The second kappa shape index (κ2) is 7.80. The van der Waals surface area contributed by atoms with E-state index in [1.54, 1.807) is 4.68 Å². The Morgan fingerprint density at radius 3 is 2.92 bits per heavy atom. The molecule has 2 aromatic heterocycles. The van der Waals surface area contributed by atoms with E-state index in [0.29, 0.717) is 24.9 Å². The van der Waals surface area contributed by atoms with E-state index < -0.39 is 0 Å². The molecule has 1 aromatic carbocycles. The summed E-state index contributed by atoms with van der Waals surface area (Å²) in [7, 11) is 0. The molecule has 0 radical (unpaired) electrons. The van der Waals surface area contributed by atoms with E-state index in [2.05, 4.69) is 26.2 Å². The molecule has 7 heteroatoms. The van der Waals surface area contributed by atoms with E-state index in [-0.39, 0.29) is 6.61 Å². The number of piperidine rings is 1. The maximum Gasteiger partial charge on any atom is 0.257 e. The Morgan fingerprint density at radius 2 is 2.08 bits per heavy atom. The predicted molar refractivity (Wildman–Crippen MR) is 96.3 cm³/mol. The average Bonchev–Trinajstić information content (AvgIpc) is 3.33. The van der Waals surface area contributed by atoms with Crippen LogP contribution in [0.5, 0.6) is 0 Å². The number of hydrogen-bond acceptors (Lipinski definition) is 6. The van der Waals surface area contributed by atoms with Gasteiger partial charge in [0.2, 0.25) is 0 Å². The Hall–Kier alpha value is -2.51. The zero-order chi connectivity index (χ0) is 17.8. The smallest absolute Gasteiger partial charge is 0.257 e. The van der Waals surface area contributed by atoms with Crippen molar-refractivity contribution in [3.05, 3.63) is 54.1 Å². The van der Waals surface area contributed by atoms with Gasteiger partial charge in [-0.25, -0.2) is 0 Å². The van der Waals surface area contributed by atoms with E-state index in [1.165, 1.54) is 0 Å². The summed E-state index contributed by atoms with van der Waals surface area (Å²) in [6.45, 7) is 3.31. The second-order valence-corrected chi connectivity index (χ2v) is 6.68. The van der Waals surface area contributed by atoms with Crippen LogP contribution in [-0.2, 0) is 13.1 Å². The minimum atomic E-state index is 0.111. The van der Waals surface area contributed by atoms with Gasteiger partial charge in [0.05, 0.1) is 25.4 Å². The predicted octanol–water partition coefficient (Wildman–Crippen LogP) is 2.31. The number of likely N-dealkylation sites (tertiary alicyclic amines) is 1. The molecule has 0 bridgehead atoms. The van der Waals surface area contributed by atoms with Crippen LogP contribution in [0.3, 0.4) is 0 Å². The SMILES string of the molecule is OCCn1ccc([C@H]2CCCN(Cc3noc(-c4ccccc4)n3)C2)n1. The van der Waals surface area contributed by atoms with Crippen molar-refractivity contribution in [2.45, 2.75) is 31.8 Å².